The van der Waals surface area contributed by atoms with Gasteiger partial charge in [0.15, 0.2) is 48.3 Å². The number of ether oxygens (including phenoxy) is 5. The molecule has 0 aliphatic carbocycles. The lowest BCUT2D eigenvalue weighted by Gasteiger charge is -2.28. The molecule has 16 N–H and O–H groups in total. The number of hydrogen-bond acceptors (Lipinski definition) is 28. The molecular formula is C35H52N15O22P4+. The second-order valence-electron chi connectivity index (χ2n) is 17.6. The van der Waals surface area contributed by atoms with E-state index in [-0.39, 0.29) is 58.2 Å². The summed E-state index contributed by atoms with van der Waals surface area (Å²) >= 11 is 0. The average Bonchev–Trinajstić information content (AvgIpc) is 4.21. The lowest BCUT2D eigenvalue weighted by molar-refractivity contribution is -0.745. The molecule has 5 aromatic rings. The van der Waals surface area contributed by atoms with Crippen molar-refractivity contribution in [3.63, 3.8) is 0 Å². The van der Waals surface area contributed by atoms with Crippen LogP contribution in [0.25, 0.3) is 22.3 Å². The molecule has 0 bridgehead atoms. The number of aromatic nitrogens is 10. The third-order valence-electron chi connectivity index (χ3n) is 12.6. The highest BCUT2D eigenvalue weighted by molar-refractivity contribution is 7.74. The van der Waals surface area contributed by atoms with Gasteiger partial charge in [-0.05, 0) is 0 Å². The molecule has 0 saturated carbocycles. The Balaban J connectivity index is 0.883. The fourth-order valence-electron chi connectivity index (χ4n) is 9.26. The van der Waals surface area contributed by atoms with Crippen molar-refractivity contribution in [3.8, 4) is 0 Å². The number of methoxy groups -OCH3 is 2. The molecule has 0 radical (unpaired) electrons. The third-order valence-corrected chi connectivity index (χ3v) is 20.2. The normalized spacial score (nSPS) is 31.9. The first-order valence-corrected chi connectivity index (χ1v) is 28.9. The molecule has 37 nitrogen and oxygen atoms in total. The highest BCUT2D eigenvalue weighted by Crippen LogP contribution is 2.67. The van der Waals surface area contributed by atoms with Crippen LogP contribution in [0, 0.1) is 5.92 Å². The number of aliphatic hydroxyl groups is 4. The van der Waals surface area contributed by atoms with Gasteiger partial charge in [-0.2, -0.15) is 0 Å². The highest BCUT2D eigenvalue weighted by atomic mass is 31.3. The van der Waals surface area contributed by atoms with Gasteiger partial charge < -0.3 is 95.2 Å². The van der Waals surface area contributed by atoms with E-state index in [0.717, 1.165) is 19.8 Å². The lowest BCUT2D eigenvalue weighted by Crippen LogP contribution is -2.45. The van der Waals surface area contributed by atoms with Crippen LogP contribution in [0.4, 0.5) is 17.6 Å². The zero-order valence-electron chi connectivity index (χ0n) is 39.6. The number of phosphoric ester groups is 1. The summed E-state index contributed by atoms with van der Waals surface area (Å²) in [5.41, 5.74) is 15.1. The number of nitrogens with zero attached hydrogens (tertiary/aromatic N) is 10. The van der Waals surface area contributed by atoms with Crippen LogP contribution in [0.2, 0.25) is 0 Å². The summed E-state index contributed by atoms with van der Waals surface area (Å²) in [7, 11) is -18.2. The van der Waals surface area contributed by atoms with Gasteiger partial charge in [-0.1, -0.05) is 4.98 Å². The molecule has 9 rings (SSSR count). The molecule has 0 spiro atoms. The minimum absolute atomic E-state index is 0.000897. The van der Waals surface area contributed by atoms with E-state index in [1.807, 2.05) is 0 Å². The highest BCUT2D eigenvalue weighted by Gasteiger charge is 2.58. The fourth-order valence-corrected chi connectivity index (χ4v) is 16.0. The van der Waals surface area contributed by atoms with E-state index in [9.17, 15) is 63.1 Å². The van der Waals surface area contributed by atoms with E-state index in [0.29, 0.717) is 0 Å². The fraction of sp³-hybridized carbons (Fsp3) is 0.600. The van der Waals surface area contributed by atoms with Crippen molar-refractivity contribution in [2.45, 2.75) is 73.3 Å². The van der Waals surface area contributed by atoms with Crippen molar-refractivity contribution in [1.82, 2.24) is 43.6 Å². The van der Waals surface area contributed by atoms with Crippen molar-refractivity contribution in [1.29, 1.82) is 0 Å². The van der Waals surface area contributed by atoms with Crippen molar-refractivity contribution in [2.75, 3.05) is 63.3 Å². The monoisotopic (exact) mass is 1160 g/mol. The Morgan fingerprint density at radius 2 is 1.50 bits per heavy atom. The van der Waals surface area contributed by atoms with Crippen LogP contribution >= 0.6 is 30.6 Å². The van der Waals surface area contributed by atoms with Gasteiger partial charge in [0.25, 0.3) is 11.5 Å². The first kappa shape index (κ1) is 56.0. The number of aryl methyl sites for hydroxylation is 1. The second-order valence-corrected chi connectivity index (χ2v) is 25.4. The average molecular weight is 1160 g/mol. The zero-order valence-corrected chi connectivity index (χ0v) is 43.2. The quantitative estimate of drug-likeness (QED) is 0.0263. The smallest absolute Gasteiger partial charge is 0.387 e. The van der Waals surface area contributed by atoms with Gasteiger partial charge in [-0.25, -0.2) is 38.4 Å². The Labute approximate surface area is 425 Å². The summed E-state index contributed by atoms with van der Waals surface area (Å²) in [6.45, 7) is -3.20. The van der Waals surface area contributed by atoms with Crippen molar-refractivity contribution in [2.24, 2.45) is 23.7 Å². The number of H-pyrrole nitrogens is 1. The lowest BCUT2D eigenvalue weighted by atomic mass is 9.99. The molecular weight excluding hydrogens is 1110 g/mol. The van der Waals surface area contributed by atoms with Crippen LogP contribution in [0.15, 0.2) is 35.1 Å². The summed E-state index contributed by atoms with van der Waals surface area (Å²) in [4.78, 5) is 83.0. The molecule has 5 unspecified atom stereocenters. The zero-order chi connectivity index (χ0) is 55.0. The first-order valence-electron chi connectivity index (χ1n) is 22.2. The van der Waals surface area contributed by atoms with Gasteiger partial charge in [-0.15, -0.1) is 0 Å². The number of nitrogens with one attached hydrogen (secondary N) is 2. The number of fused-ring (bicyclic) bond motifs is 3. The van der Waals surface area contributed by atoms with Crippen LogP contribution in [-0.2, 0) is 66.9 Å². The molecule has 4 aliphatic rings. The molecule has 4 aliphatic heterocycles. The summed E-state index contributed by atoms with van der Waals surface area (Å²) in [6.07, 6.45) is -12.0. The summed E-state index contributed by atoms with van der Waals surface area (Å²) in [6, 6.07) is 0. The first-order chi connectivity index (χ1) is 35.7. The van der Waals surface area contributed by atoms with Crippen LogP contribution < -0.4 is 32.6 Å². The van der Waals surface area contributed by atoms with Crippen molar-refractivity contribution < 1.29 is 104 Å². The minimum atomic E-state index is -5.69. The molecule has 41 heteroatoms. The van der Waals surface area contributed by atoms with Crippen LogP contribution in [0.5, 0.6) is 0 Å². The Hall–Kier alpha value is -4.78. The standard InChI is InChI=1S/C35H51N15O22P4/c1-47-11-50(28-19(47)30(55)46-35(38)44-28)31-20(51)13(4-64-2)14(69-31)5-68-76(62,63)72-74(58,59)12-73(56,57)66-7-16-24(23(65-3)33(71-16)48-9-41-17-25(36)39-8-40-26(17)48)75(60,61)67-6-15-21(52)22(53)32(70-15)49-10-42-18-27(49)43-34(37)45-29(18)54/h8-11,13-16,20-24,29,31-33,51-54H,4-7,12H2,1-3H3,(H11-,36,37,38,39,40,43,44,45,46,55,56,57,58,59,60,61,62,63)/p+1/t13-,14-,15-,16-,20-,21-,22-,23-,24-,29?,31-,32-,33-/m1/s1. The van der Waals surface area contributed by atoms with Crippen LogP contribution in [0.3, 0.4) is 0 Å². The number of aromatic amines is 1. The van der Waals surface area contributed by atoms with E-state index in [4.69, 9.17) is 54.5 Å². The number of nitrogen functional groups attached to an aromatic ring is 2. The largest absolute Gasteiger partial charge is 0.479 e. The Morgan fingerprint density at radius 3 is 2.22 bits per heavy atom. The third kappa shape index (κ3) is 10.9. The second kappa shape index (κ2) is 21.1. The van der Waals surface area contributed by atoms with Gasteiger partial charge in [0.1, 0.15) is 65.6 Å². The number of nitrogens with two attached hydrogens (primary N) is 3. The number of aliphatic hydroxyl groups excluding tert-OH is 4. The van der Waals surface area contributed by atoms with E-state index in [1.165, 1.54) is 45.1 Å². The Kier molecular flexibility index (Phi) is 15.5. The van der Waals surface area contributed by atoms with Crippen molar-refractivity contribution >= 4 is 76.5 Å². The van der Waals surface area contributed by atoms with E-state index in [1.54, 1.807) is 0 Å². The van der Waals surface area contributed by atoms with Crippen LogP contribution in [-0.4, -0.2) is 185 Å². The molecule has 3 fully saturated rings. The maximum absolute atomic E-state index is 14.5. The molecule has 3 saturated heterocycles. The van der Waals surface area contributed by atoms with Crippen LogP contribution in [0.1, 0.15) is 30.6 Å². The summed E-state index contributed by atoms with van der Waals surface area (Å²) < 4.78 is 109. The summed E-state index contributed by atoms with van der Waals surface area (Å²) in [5.74, 6) is -3.35. The molecule has 0 amide bonds. The molecule has 76 heavy (non-hydrogen) atoms. The Bertz CT molecular complexity index is 3290. The van der Waals surface area contributed by atoms with Crippen molar-refractivity contribution in [3.05, 3.63) is 41.4 Å². The molecule has 418 valence electrons. The number of anilines is 3. The minimum Gasteiger partial charge on any atom is -0.387 e. The van der Waals surface area contributed by atoms with Gasteiger partial charge in [0, 0.05) is 20.1 Å². The predicted octanol–water partition coefficient (Wildman–Crippen LogP) is -3.72. The number of hydrogen-bond donors (Lipinski definition) is 13. The van der Waals surface area contributed by atoms with Gasteiger partial charge in [0.05, 0.1) is 52.2 Å². The molecule has 5 aromatic heterocycles. The molecule has 0 aromatic carbocycles. The number of imidazole rings is 3. The van der Waals surface area contributed by atoms with E-state index in [2.05, 4.69) is 44.5 Å². The van der Waals surface area contributed by atoms with E-state index >= 15 is 0 Å². The van der Waals surface area contributed by atoms with E-state index < -0.39 is 141 Å². The van der Waals surface area contributed by atoms with Gasteiger partial charge >= 0.3 is 36.3 Å². The SMILES string of the molecule is COC[C@H]1[C@@H](O)[C@H]([n+]2cn(C)c3c(=O)[nH]c(N)nc32)O[C@@H]1COP(=O)(O)OP(=O)(O)CP(=O)(O)OC[C@H]1O[C@@H](n2cnc3c(N)ncnc32)[C@H](OC)[C@@H]1P(=O)(O)OC[C@H]1O[C@@H](n2cnc3c2NC(N)=NC3O)[C@H](O)[C@@H]1O. The number of rotatable bonds is 20. The van der Waals surface area contributed by atoms with Gasteiger partial charge in [-0.3, -0.25) is 41.7 Å². The maximum Gasteiger partial charge on any atom is 0.479 e. The molecule has 9 heterocycles. The Morgan fingerprint density at radius 1 is 0.803 bits per heavy atom. The topological polar surface area (TPSA) is 532 Å². The number of guanidine groups is 1. The number of phosphoric acid groups is 1. The molecule has 17 atom stereocenters. The van der Waals surface area contributed by atoms with Gasteiger partial charge in [0.2, 0.25) is 11.7 Å². The summed E-state index contributed by atoms with van der Waals surface area (Å²) in [5, 5.41) is 46.3. The predicted molar refractivity (Wildman–Crippen MR) is 251 cm³/mol. The number of aliphatic imine (C=N–C) groups is 1. The maximum atomic E-state index is 14.5.